The molecule has 22 heavy (non-hydrogen) atoms. The van der Waals surface area contributed by atoms with Crippen LogP contribution in [0.3, 0.4) is 0 Å². The molecule has 2 rings (SSSR count). The molecular weight excluding hydrogens is 283 g/mol. The lowest BCUT2D eigenvalue weighted by molar-refractivity contribution is 0.0928. The molecule has 5 nitrogen and oxygen atoms in total. The monoisotopic (exact) mass is 304 g/mol. The Balaban J connectivity index is 2.07. The Morgan fingerprint density at radius 3 is 2.59 bits per heavy atom. The maximum Gasteiger partial charge on any atom is 0.272 e. The molecule has 1 unspecified atom stereocenters. The van der Waals surface area contributed by atoms with Gasteiger partial charge in [0.05, 0.1) is 5.69 Å². The van der Waals surface area contributed by atoms with Crippen molar-refractivity contribution >= 4 is 5.91 Å². The summed E-state index contributed by atoms with van der Waals surface area (Å²) in [4.78, 5) is 12.2. The zero-order valence-corrected chi connectivity index (χ0v) is 12.8. The van der Waals surface area contributed by atoms with Gasteiger partial charge in [0.25, 0.3) is 5.91 Å². The first-order chi connectivity index (χ1) is 10.5. The molecule has 6 heteroatoms. The minimum absolute atomic E-state index is 0.0662. The van der Waals surface area contributed by atoms with Crippen LogP contribution in [0, 0.1) is 11.7 Å². The number of nitrogens with two attached hydrogens (primary N) is 1. The van der Waals surface area contributed by atoms with Crippen molar-refractivity contribution in [3.05, 3.63) is 48.0 Å². The molecule has 0 aliphatic heterocycles. The molecule has 3 N–H and O–H groups in total. The number of halogens is 1. The Morgan fingerprint density at radius 2 is 2.00 bits per heavy atom. The van der Waals surface area contributed by atoms with Crippen LogP contribution in [0.4, 0.5) is 4.39 Å². The highest BCUT2D eigenvalue weighted by Gasteiger charge is 2.16. The predicted molar refractivity (Wildman–Crippen MR) is 83.3 cm³/mol. The van der Waals surface area contributed by atoms with Crippen LogP contribution in [-0.2, 0) is 0 Å². The summed E-state index contributed by atoms with van der Waals surface area (Å²) in [5, 5.41) is 7.11. The number of aromatic nitrogens is 2. The summed E-state index contributed by atoms with van der Waals surface area (Å²) in [6.07, 6.45) is 2.49. The van der Waals surface area contributed by atoms with Gasteiger partial charge in [0.1, 0.15) is 5.82 Å². The lowest BCUT2D eigenvalue weighted by Gasteiger charge is -2.18. The Morgan fingerprint density at radius 1 is 1.32 bits per heavy atom. The third kappa shape index (κ3) is 4.14. The first-order valence-corrected chi connectivity index (χ1v) is 7.32. The van der Waals surface area contributed by atoms with Crippen LogP contribution < -0.4 is 11.1 Å². The number of nitrogens with zero attached hydrogens (tertiary/aromatic N) is 2. The zero-order valence-electron chi connectivity index (χ0n) is 12.8. The van der Waals surface area contributed by atoms with Crippen LogP contribution in [0.5, 0.6) is 0 Å². The van der Waals surface area contributed by atoms with Crippen molar-refractivity contribution in [1.82, 2.24) is 15.1 Å². The second-order valence-corrected chi connectivity index (χ2v) is 5.66. The van der Waals surface area contributed by atoms with E-state index in [2.05, 4.69) is 24.3 Å². The first-order valence-electron chi connectivity index (χ1n) is 7.32. The van der Waals surface area contributed by atoms with Crippen molar-refractivity contribution < 1.29 is 9.18 Å². The average molecular weight is 304 g/mol. The van der Waals surface area contributed by atoms with Crippen LogP contribution >= 0.6 is 0 Å². The molecule has 0 bridgehead atoms. The van der Waals surface area contributed by atoms with Gasteiger partial charge < -0.3 is 11.1 Å². The van der Waals surface area contributed by atoms with Gasteiger partial charge in [-0.25, -0.2) is 9.07 Å². The molecule has 0 saturated heterocycles. The predicted octanol–water partition coefficient (Wildman–Crippen LogP) is 2.11. The number of rotatable bonds is 6. The van der Waals surface area contributed by atoms with Crippen molar-refractivity contribution in [1.29, 1.82) is 0 Å². The standard InChI is InChI=1S/C16H21FN4O/c1-11(2)9-13(10-18)19-16(22)15-7-8-21(20-15)14-5-3-12(17)4-6-14/h3-8,11,13H,9-10,18H2,1-2H3,(H,19,22). The van der Waals surface area contributed by atoms with Gasteiger partial charge >= 0.3 is 0 Å². The van der Waals surface area contributed by atoms with Gasteiger partial charge in [-0.05, 0) is 42.7 Å². The molecule has 0 saturated carbocycles. The van der Waals surface area contributed by atoms with E-state index in [9.17, 15) is 9.18 Å². The van der Waals surface area contributed by atoms with E-state index in [0.29, 0.717) is 23.8 Å². The van der Waals surface area contributed by atoms with Crippen molar-refractivity contribution in [2.45, 2.75) is 26.3 Å². The van der Waals surface area contributed by atoms with Crippen LogP contribution in [0.25, 0.3) is 5.69 Å². The van der Waals surface area contributed by atoms with Crippen LogP contribution in [0.2, 0.25) is 0 Å². The summed E-state index contributed by atoms with van der Waals surface area (Å²) in [7, 11) is 0. The highest BCUT2D eigenvalue weighted by molar-refractivity contribution is 5.92. The van der Waals surface area contributed by atoms with E-state index < -0.39 is 0 Å². The van der Waals surface area contributed by atoms with Crippen molar-refractivity contribution in [3.63, 3.8) is 0 Å². The van der Waals surface area contributed by atoms with Gasteiger partial charge in [-0.1, -0.05) is 13.8 Å². The summed E-state index contributed by atoms with van der Waals surface area (Å²) in [6.45, 7) is 4.55. The van der Waals surface area contributed by atoms with Gasteiger partial charge in [0.15, 0.2) is 5.69 Å². The Kier molecular flexibility index (Phi) is 5.27. The maximum atomic E-state index is 12.9. The van der Waals surface area contributed by atoms with E-state index in [4.69, 9.17) is 5.73 Å². The largest absolute Gasteiger partial charge is 0.347 e. The van der Waals surface area contributed by atoms with Gasteiger partial charge in [0, 0.05) is 18.8 Å². The summed E-state index contributed by atoms with van der Waals surface area (Å²) in [5.41, 5.74) is 6.69. The number of benzene rings is 1. The molecule has 118 valence electrons. The molecule has 1 heterocycles. The first kappa shape index (κ1) is 16.2. The van der Waals surface area contributed by atoms with E-state index in [1.54, 1.807) is 24.4 Å². The summed E-state index contributed by atoms with van der Waals surface area (Å²) in [5.74, 6) is -0.115. The number of hydrogen-bond acceptors (Lipinski definition) is 3. The fourth-order valence-electron chi connectivity index (χ4n) is 2.23. The fraction of sp³-hybridized carbons (Fsp3) is 0.375. The van der Waals surface area contributed by atoms with Gasteiger partial charge in [0.2, 0.25) is 0 Å². The molecule has 0 spiro atoms. The molecule has 1 aromatic carbocycles. The number of hydrogen-bond donors (Lipinski definition) is 2. The fourth-order valence-corrected chi connectivity index (χ4v) is 2.23. The third-order valence-corrected chi connectivity index (χ3v) is 3.29. The quantitative estimate of drug-likeness (QED) is 0.858. The van der Waals surface area contributed by atoms with Gasteiger partial charge in [-0.15, -0.1) is 0 Å². The molecule has 0 radical (unpaired) electrons. The highest BCUT2D eigenvalue weighted by atomic mass is 19.1. The molecule has 0 aliphatic rings. The highest BCUT2D eigenvalue weighted by Crippen LogP contribution is 2.10. The van der Waals surface area contributed by atoms with Crippen LogP contribution in [0.15, 0.2) is 36.5 Å². The van der Waals surface area contributed by atoms with Crippen molar-refractivity contribution in [2.75, 3.05) is 6.54 Å². The normalized spacial score (nSPS) is 12.4. The molecule has 0 fully saturated rings. The van der Waals surface area contributed by atoms with E-state index >= 15 is 0 Å². The van der Waals surface area contributed by atoms with Gasteiger partial charge in [-0.3, -0.25) is 4.79 Å². The molecule has 1 aromatic heterocycles. The van der Waals surface area contributed by atoms with E-state index in [0.717, 1.165) is 6.42 Å². The SMILES string of the molecule is CC(C)CC(CN)NC(=O)c1ccn(-c2ccc(F)cc2)n1. The lowest BCUT2D eigenvalue weighted by atomic mass is 10.0. The Labute approximate surface area is 129 Å². The number of amides is 1. The van der Waals surface area contributed by atoms with Crippen LogP contribution in [-0.4, -0.2) is 28.3 Å². The molecular formula is C16H21FN4O. The molecule has 0 aliphatic carbocycles. The van der Waals surface area contributed by atoms with Crippen LogP contribution in [0.1, 0.15) is 30.8 Å². The molecule has 1 amide bonds. The smallest absolute Gasteiger partial charge is 0.272 e. The average Bonchev–Trinajstić information content (AvgIpc) is 2.96. The summed E-state index contributed by atoms with van der Waals surface area (Å²) >= 11 is 0. The minimum Gasteiger partial charge on any atom is -0.347 e. The number of nitrogens with one attached hydrogen (secondary N) is 1. The van der Waals surface area contributed by atoms with Crippen molar-refractivity contribution in [3.8, 4) is 5.69 Å². The third-order valence-electron chi connectivity index (χ3n) is 3.29. The van der Waals surface area contributed by atoms with E-state index in [1.807, 2.05) is 0 Å². The van der Waals surface area contributed by atoms with Crippen molar-refractivity contribution in [2.24, 2.45) is 11.7 Å². The summed E-state index contributed by atoms with van der Waals surface area (Å²) < 4.78 is 14.5. The number of carbonyl (C=O) groups is 1. The summed E-state index contributed by atoms with van der Waals surface area (Å²) in [6, 6.07) is 7.47. The second-order valence-electron chi connectivity index (χ2n) is 5.66. The Bertz CT molecular complexity index is 621. The van der Waals surface area contributed by atoms with Gasteiger partial charge in [-0.2, -0.15) is 5.10 Å². The Hall–Kier alpha value is -2.21. The lowest BCUT2D eigenvalue weighted by Crippen LogP contribution is -2.41. The molecule has 1 atom stereocenters. The van der Waals surface area contributed by atoms with E-state index in [1.165, 1.54) is 16.8 Å². The maximum absolute atomic E-state index is 12.9. The zero-order chi connectivity index (χ0) is 16.1. The number of carbonyl (C=O) groups excluding carboxylic acids is 1. The molecule has 2 aromatic rings. The second kappa shape index (κ2) is 7.17. The minimum atomic E-state index is -0.312. The van der Waals surface area contributed by atoms with E-state index in [-0.39, 0.29) is 17.8 Å². The topological polar surface area (TPSA) is 72.9 Å².